The van der Waals surface area contributed by atoms with E-state index in [4.69, 9.17) is 0 Å². The molecule has 0 saturated heterocycles. The molecule has 0 saturated carbocycles. The number of carboxylic acid groups (broad SMARTS) is 1. The molecule has 0 spiro atoms. The van der Waals surface area contributed by atoms with Gasteiger partial charge in [0.1, 0.15) is 0 Å². The van der Waals surface area contributed by atoms with E-state index in [9.17, 15) is 9.90 Å². The van der Waals surface area contributed by atoms with Gasteiger partial charge in [-0.3, -0.25) is 0 Å². The van der Waals surface area contributed by atoms with Gasteiger partial charge in [-0.15, -0.1) is 0 Å². The minimum Gasteiger partial charge on any atom is -0.550 e. The quantitative estimate of drug-likeness (QED) is 0.459. The van der Waals surface area contributed by atoms with E-state index in [2.05, 4.69) is 13.0 Å². The zero-order chi connectivity index (χ0) is 11.8. The van der Waals surface area contributed by atoms with Crippen LogP contribution in [0.4, 0.5) is 0 Å². The Morgan fingerprint density at radius 1 is 1.18 bits per heavy atom. The summed E-state index contributed by atoms with van der Waals surface area (Å²) in [5.41, 5.74) is 2.07. The monoisotopic (exact) mass is 242 g/mol. The zero-order valence-corrected chi connectivity index (χ0v) is 12.9. The molecule has 0 N–H and O–H groups in total. The smallest absolute Gasteiger partial charge is 0.550 e. The van der Waals surface area contributed by atoms with Crippen LogP contribution < -0.4 is 34.7 Å². The van der Waals surface area contributed by atoms with E-state index >= 15 is 0 Å². The summed E-state index contributed by atoms with van der Waals surface area (Å²) in [6, 6.07) is 7.80. The van der Waals surface area contributed by atoms with Crippen molar-refractivity contribution in [2.45, 2.75) is 45.4 Å². The maximum atomic E-state index is 10.5. The van der Waals surface area contributed by atoms with Gasteiger partial charge in [0.15, 0.2) is 0 Å². The van der Waals surface area contributed by atoms with Crippen molar-refractivity contribution in [3.8, 4) is 0 Å². The Balaban J connectivity index is 0.00000256. The first-order valence-electron chi connectivity index (χ1n) is 6.00. The Morgan fingerprint density at radius 3 is 2.53 bits per heavy atom. The van der Waals surface area contributed by atoms with Crippen LogP contribution in [-0.2, 0) is 17.6 Å². The Kier molecular flexibility index (Phi) is 9.52. The van der Waals surface area contributed by atoms with Crippen molar-refractivity contribution in [2.75, 3.05) is 0 Å². The number of aliphatic carboxylic acids is 1. The maximum absolute atomic E-state index is 10.5. The third-order valence-electron chi connectivity index (χ3n) is 2.66. The second kappa shape index (κ2) is 9.69. The predicted molar refractivity (Wildman–Crippen MR) is 63.0 cm³/mol. The van der Waals surface area contributed by atoms with Crippen LogP contribution in [0, 0.1) is 0 Å². The average Bonchev–Trinajstić information content (AvgIpc) is 2.24. The van der Waals surface area contributed by atoms with Crippen LogP contribution in [0.25, 0.3) is 0 Å². The Labute approximate surface area is 126 Å². The topological polar surface area (TPSA) is 40.1 Å². The molecule has 0 heterocycles. The predicted octanol–water partition coefficient (Wildman–Crippen LogP) is -0.894. The standard InChI is InChI=1S/C14H20O2.Na/c1-2-3-4-5-7-12-8-6-9-13(10-12)11-14(15)16;/h6,8-10H,2-5,7,11H2,1H3,(H,15,16);/q;+1/p-1. The molecule has 0 unspecified atom stereocenters. The zero-order valence-electron chi connectivity index (χ0n) is 10.9. The van der Waals surface area contributed by atoms with Gasteiger partial charge in [-0.25, -0.2) is 0 Å². The molecule has 3 heteroatoms. The molecule has 1 aromatic rings. The summed E-state index contributed by atoms with van der Waals surface area (Å²) >= 11 is 0. The number of aryl methyl sites for hydroxylation is 1. The number of benzene rings is 1. The second-order valence-corrected chi connectivity index (χ2v) is 4.18. The molecule has 0 fully saturated rings. The van der Waals surface area contributed by atoms with Gasteiger partial charge in [0, 0.05) is 12.4 Å². The third-order valence-corrected chi connectivity index (χ3v) is 2.66. The Morgan fingerprint density at radius 2 is 1.88 bits per heavy atom. The molecular formula is C14H19NaO2. The molecule has 88 valence electrons. The number of carboxylic acids is 1. The minimum absolute atomic E-state index is 0. The average molecular weight is 242 g/mol. The molecule has 0 aliphatic rings. The fourth-order valence-electron chi connectivity index (χ4n) is 1.82. The largest absolute Gasteiger partial charge is 1.00 e. The van der Waals surface area contributed by atoms with Gasteiger partial charge in [0.05, 0.1) is 0 Å². The molecule has 0 aliphatic heterocycles. The summed E-state index contributed by atoms with van der Waals surface area (Å²) < 4.78 is 0. The molecule has 1 rings (SSSR count). The van der Waals surface area contributed by atoms with E-state index in [1.165, 1.54) is 31.2 Å². The van der Waals surface area contributed by atoms with Crippen molar-refractivity contribution in [2.24, 2.45) is 0 Å². The van der Waals surface area contributed by atoms with E-state index < -0.39 is 5.97 Å². The number of carbonyl (C=O) groups is 1. The number of rotatable bonds is 7. The van der Waals surface area contributed by atoms with Crippen molar-refractivity contribution in [3.05, 3.63) is 35.4 Å². The van der Waals surface area contributed by atoms with Crippen molar-refractivity contribution in [1.29, 1.82) is 0 Å². The van der Waals surface area contributed by atoms with Gasteiger partial charge in [0.25, 0.3) is 0 Å². The molecular weight excluding hydrogens is 223 g/mol. The molecule has 0 aliphatic carbocycles. The fourth-order valence-corrected chi connectivity index (χ4v) is 1.82. The van der Waals surface area contributed by atoms with Crippen LogP contribution >= 0.6 is 0 Å². The first-order chi connectivity index (χ1) is 7.72. The molecule has 0 radical (unpaired) electrons. The number of hydrogen-bond acceptors (Lipinski definition) is 2. The number of unbranched alkanes of at least 4 members (excludes halogenated alkanes) is 3. The summed E-state index contributed by atoms with van der Waals surface area (Å²) in [7, 11) is 0. The van der Waals surface area contributed by atoms with E-state index in [1.807, 2.05) is 18.2 Å². The SMILES string of the molecule is CCCCCCc1cccc(CC(=O)[O-])c1.[Na+]. The molecule has 2 nitrogen and oxygen atoms in total. The van der Waals surface area contributed by atoms with Gasteiger partial charge >= 0.3 is 29.6 Å². The van der Waals surface area contributed by atoms with Gasteiger partial charge in [-0.2, -0.15) is 0 Å². The Hall–Kier alpha value is -0.310. The molecule has 1 aromatic carbocycles. The first-order valence-corrected chi connectivity index (χ1v) is 6.00. The third kappa shape index (κ3) is 7.58. The van der Waals surface area contributed by atoms with E-state index in [-0.39, 0.29) is 36.0 Å². The van der Waals surface area contributed by atoms with E-state index in [0.717, 1.165) is 12.0 Å². The van der Waals surface area contributed by atoms with E-state index in [0.29, 0.717) is 0 Å². The first kappa shape index (κ1) is 16.7. The van der Waals surface area contributed by atoms with Crippen molar-refractivity contribution < 1.29 is 39.5 Å². The summed E-state index contributed by atoms with van der Waals surface area (Å²) in [4.78, 5) is 10.5. The van der Waals surface area contributed by atoms with Crippen molar-refractivity contribution in [3.63, 3.8) is 0 Å². The van der Waals surface area contributed by atoms with Crippen LogP contribution in [0.15, 0.2) is 24.3 Å². The van der Waals surface area contributed by atoms with Gasteiger partial charge in [0.2, 0.25) is 0 Å². The van der Waals surface area contributed by atoms with Crippen LogP contribution in [0.2, 0.25) is 0 Å². The van der Waals surface area contributed by atoms with Crippen molar-refractivity contribution >= 4 is 5.97 Å². The van der Waals surface area contributed by atoms with Crippen LogP contribution in [0.1, 0.15) is 43.7 Å². The van der Waals surface area contributed by atoms with Gasteiger partial charge in [-0.1, -0.05) is 50.5 Å². The van der Waals surface area contributed by atoms with Gasteiger partial charge < -0.3 is 9.90 Å². The number of hydrogen-bond donors (Lipinski definition) is 0. The normalized spacial score (nSPS) is 9.71. The second-order valence-electron chi connectivity index (χ2n) is 4.18. The minimum atomic E-state index is -1.01. The molecule has 0 bridgehead atoms. The summed E-state index contributed by atoms with van der Waals surface area (Å²) in [5, 5.41) is 10.5. The Bertz CT molecular complexity index is 337. The maximum Gasteiger partial charge on any atom is 1.00 e. The molecule has 17 heavy (non-hydrogen) atoms. The van der Waals surface area contributed by atoms with Crippen LogP contribution in [0.5, 0.6) is 0 Å². The summed E-state index contributed by atoms with van der Waals surface area (Å²) in [6.07, 6.45) is 6.01. The van der Waals surface area contributed by atoms with Crippen LogP contribution in [0.3, 0.4) is 0 Å². The molecule has 0 amide bonds. The van der Waals surface area contributed by atoms with E-state index in [1.54, 1.807) is 0 Å². The summed E-state index contributed by atoms with van der Waals surface area (Å²) in [5.74, 6) is -1.01. The summed E-state index contributed by atoms with van der Waals surface area (Å²) in [6.45, 7) is 2.19. The molecule has 0 aromatic heterocycles. The number of carbonyl (C=O) groups excluding carboxylic acids is 1. The fraction of sp³-hybridized carbons (Fsp3) is 0.500. The molecule has 0 atom stereocenters. The van der Waals surface area contributed by atoms with Crippen LogP contribution in [-0.4, -0.2) is 5.97 Å². The van der Waals surface area contributed by atoms with Crippen molar-refractivity contribution in [1.82, 2.24) is 0 Å². The van der Waals surface area contributed by atoms with Gasteiger partial charge in [-0.05, 0) is 24.0 Å².